The third kappa shape index (κ3) is 5.90. The van der Waals surface area contributed by atoms with Crippen molar-refractivity contribution in [2.75, 3.05) is 24.7 Å². The summed E-state index contributed by atoms with van der Waals surface area (Å²) in [5.41, 5.74) is 1.00. The van der Waals surface area contributed by atoms with Gasteiger partial charge in [-0.1, -0.05) is 12.1 Å². The molecule has 1 saturated heterocycles. The second-order valence-corrected chi connectivity index (χ2v) is 7.66. The maximum absolute atomic E-state index is 11.6. The Bertz CT molecular complexity index is 685. The molecular weight excluding hydrogens is 322 g/mol. The summed E-state index contributed by atoms with van der Waals surface area (Å²) >= 11 is 0. The molecule has 1 atom stereocenters. The molecule has 0 spiro atoms. The van der Waals surface area contributed by atoms with Crippen LogP contribution in [0, 0.1) is 6.92 Å². The number of carbonyl (C=O) groups is 2. The van der Waals surface area contributed by atoms with Crippen LogP contribution in [-0.2, 0) is 24.2 Å². The first-order valence-corrected chi connectivity index (χ1v) is 9.01. The molecule has 1 aromatic carbocycles. The number of sulfone groups is 1. The van der Waals surface area contributed by atoms with Crippen LogP contribution in [0.2, 0.25) is 0 Å². The zero-order chi connectivity index (χ0) is 16.9. The fourth-order valence-corrected chi connectivity index (χ4v) is 3.89. The first-order chi connectivity index (χ1) is 10.8. The van der Waals surface area contributed by atoms with Gasteiger partial charge in [0.25, 0.3) is 5.91 Å². The number of nitrogens with one attached hydrogen (secondary N) is 1. The van der Waals surface area contributed by atoms with Gasteiger partial charge in [-0.25, -0.2) is 13.2 Å². The summed E-state index contributed by atoms with van der Waals surface area (Å²) in [5, 5.41) is 2.53. The van der Waals surface area contributed by atoms with E-state index in [9.17, 15) is 18.0 Å². The van der Waals surface area contributed by atoms with Crippen molar-refractivity contribution in [3.63, 3.8) is 0 Å². The molecule has 1 heterocycles. The van der Waals surface area contributed by atoms with Crippen LogP contribution in [0.15, 0.2) is 24.3 Å². The number of hydrogen-bond donors (Lipinski definition) is 1. The minimum Gasteiger partial charge on any atom is -0.482 e. The molecular formula is C15H19NO6S. The Kier molecular flexibility index (Phi) is 5.59. The molecule has 0 bridgehead atoms. The van der Waals surface area contributed by atoms with E-state index in [1.54, 1.807) is 18.2 Å². The van der Waals surface area contributed by atoms with E-state index in [1.165, 1.54) is 0 Å². The maximum Gasteiger partial charge on any atom is 0.344 e. The van der Waals surface area contributed by atoms with Crippen LogP contribution in [0.3, 0.4) is 0 Å². The first-order valence-electron chi connectivity index (χ1n) is 7.19. The average Bonchev–Trinajstić information content (AvgIpc) is 2.82. The largest absolute Gasteiger partial charge is 0.482 e. The molecule has 2 rings (SSSR count). The van der Waals surface area contributed by atoms with Crippen molar-refractivity contribution in [2.24, 2.45) is 0 Å². The van der Waals surface area contributed by atoms with Crippen molar-refractivity contribution in [2.45, 2.75) is 19.4 Å². The van der Waals surface area contributed by atoms with E-state index in [0.29, 0.717) is 12.2 Å². The van der Waals surface area contributed by atoms with E-state index in [0.717, 1.165) is 5.56 Å². The van der Waals surface area contributed by atoms with Crippen LogP contribution in [0.4, 0.5) is 0 Å². The van der Waals surface area contributed by atoms with Crippen molar-refractivity contribution < 1.29 is 27.5 Å². The monoisotopic (exact) mass is 341 g/mol. The number of carbonyl (C=O) groups excluding carboxylic acids is 2. The number of rotatable bonds is 6. The third-order valence-electron chi connectivity index (χ3n) is 3.31. The summed E-state index contributed by atoms with van der Waals surface area (Å²) in [6.07, 6.45) is 0.387. The Morgan fingerprint density at radius 3 is 2.74 bits per heavy atom. The molecule has 0 saturated carbocycles. The van der Waals surface area contributed by atoms with Crippen LogP contribution in [0.25, 0.3) is 0 Å². The van der Waals surface area contributed by atoms with Gasteiger partial charge in [0.15, 0.2) is 23.1 Å². The first kappa shape index (κ1) is 17.3. The molecule has 1 amide bonds. The molecule has 1 N–H and O–H groups in total. The molecule has 1 aliphatic rings. The minimum atomic E-state index is -3.06. The molecule has 0 aromatic heterocycles. The number of benzene rings is 1. The lowest BCUT2D eigenvalue weighted by Crippen LogP contribution is -2.38. The fraction of sp³-hybridized carbons (Fsp3) is 0.467. The van der Waals surface area contributed by atoms with Crippen molar-refractivity contribution in [1.82, 2.24) is 5.32 Å². The normalized spacial score (nSPS) is 19.1. The quantitative estimate of drug-likeness (QED) is 0.743. The van der Waals surface area contributed by atoms with Gasteiger partial charge >= 0.3 is 5.97 Å². The topological polar surface area (TPSA) is 98.8 Å². The molecule has 0 radical (unpaired) electrons. The van der Waals surface area contributed by atoms with Crippen LogP contribution in [0.5, 0.6) is 5.75 Å². The molecule has 0 unspecified atom stereocenters. The fourth-order valence-electron chi connectivity index (χ4n) is 2.21. The highest BCUT2D eigenvalue weighted by Gasteiger charge is 2.29. The Labute approximate surface area is 134 Å². The van der Waals surface area contributed by atoms with Gasteiger partial charge in [0.1, 0.15) is 5.75 Å². The predicted molar refractivity (Wildman–Crippen MR) is 82.8 cm³/mol. The van der Waals surface area contributed by atoms with Crippen LogP contribution >= 0.6 is 0 Å². The smallest absolute Gasteiger partial charge is 0.344 e. The number of hydrogen-bond acceptors (Lipinski definition) is 6. The summed E-state index contributed by atoms with van der Waals surface area (Å²) in [4.78, 5) is 23.1. The number of amides is 1. The van der Waals surface area contributed by atoms with Gasteiger partial charge in [-0.2, -0.15) is 0 Å². The number of esters is 1. The summed E-state index contributed by atoms with van der Waals surface area (Å²) in [6, 6.07) is 6.79. The van der Waals surface area contributed by atoms with Gasteiger partial charge < -0.3 is 14.8 Å². The van der Waals surface area contributed by atoms with Gasteiger partial charge in [-0.3, -0.25) is 4.79 Å². The highest BCUT2D eigenvalue weighted by molar-refractivity contribution is 7.91. The standard InChI is InChI=1S/C15H19NO6S/c1-11-3-2-4-13(7-11)21-9-15(18)22-8-14(17)16-12-5-6-23(19,20)10-12/h2-4,7,12H,5-6,8-10H2,1H3,(H,16,17)/t12-/m1/s1. The maximum atomic E-state index is 11.6. The van der Waals surface area contributed by atoms with E-state index >= 15 is 0 Å². The molecule has 0 aliphatic carbocycles. The van der Waals surface area contributed by atoms with Crippen molar-refractivity contribution >= 4 is 21.7 Å². The lowest BCUT2D eigenvalue weighted by atomic mass is 10.2. The molecule has 7 nitrogen and oxygen atoms in total. The zero-order valence-corrected chi connectivity index (χ0v) is 13.6. The second-order valence-electron chi connectivity index (χ2n) is 5.43. The van der Waals surface area contributed by atoms with Crippen LogP contribution < -0.4 is 10.1 Å². The molecule has 126 valence electrons. The summed E-state index contributed by atoms with van der Waals surface area (Å²) < 4.78 is 32.6. The second kappa shape index (κ2) is 7.45. The van der Waals surface area contributed by atoms with Crippen molar-refractivity contribution in [3.05, 3.63) is 29.8 Å². The van der Waals surface area contributed by atoms with Gasteiger partial charge in [-0.05, 0) is 31.0 Å². The van der Waals surface area contributed by atoms with E-state index in [-0.39, 0.29) is 18.1 Å². The van der Waals surface area contributed by atoms with Gasteiger partial charge in [-0.15, -0.1) is 0 Å². The molecule has 8 heteroatoms. The van der Waals surface area contributed by atoms with E-state index in [1.807, 2.05) is 13.0 Å². The van der Waals surface area contributed by atoms with Gasteiger partial charge in [0, 0.05) is 6.04 Å². The summed E-state index contributed by atoms with van der Waals surface area (Å²) in [7, 11) is -3.06. The molecule has 23 heavy (non-hydrogen) atoms. The highest BCUT2D eigenvalue weighted by Crippen LogP contribution is 2.12. The van der Waals surface area contributed by atoms with Crippen molar-refractivity contribution in [1.29, 1.82) is 0 Å². The third-order valence-corrected chi connectivity index (χ3v) is 5.08. The van der Waals surface area contributed by atoms with E-state index in [2.05, 4.69) is 5.32 Å². The average molecular weight is 341 g/mol. The summed E-state index contributed by atoms with van der Waals surface area (Å²) in [6.45, 7) is 1.15. The van der Waals surface area contributed by atoms with Crippen molar-refractivity contribution in [3.8, 4) is 5.75 Å². The predicted octanol–water partition coefficient (Wildman–Crippen LogP) is 0.220. The molecule has 1 aromatic rings. The lowest BCUT2D eigenvalue weighted by Gasteiger charge is -2.11. The Balaban J connectivity index is 1.67. The van der Waals surface area contributed by atoms with E-state index in [4.69, 9.17) is 9.47 Å². The SMILES string of the molecule is Cc1cccc(OCC(=O)OCC(=O)N[C@@H]2CCS(=O)(=O)C2)c1. The van der Waals surface area contributed by atoms with Gasteiger partial charge in [0.05, 0.1) is 11.5 Å². The highest BCUT2D eigenvalue weighted by atomic mass is 32.2. The molecule has 1 fully saturated rings. The Morgan fingerprint density at radius 1 is 1.30 bits per heavy atom. The van der Waals surface area contributed by atoms with E-state index < -0.39 is 34.4 Å². The van der Waals surface area contributed by atoms with Crippen LogP contribution in [0.1, 0.15) is 12.0 Å². The van der Waals surface area contributed by atoms with Crippen LogP contribution in [-0.4, -0.2) is 51.1 Å². The minimum absolute atomic E-state index is 0.0663. The summed E-state index contributed by atoms with van der Waals surface area (Å²) in [5.74, 6) is -0.634. The number of ether oxygens (including phenoxy) is 2. The Hall–Kier alpha value is -2.09. The zero-order valence-electron chi connectivity index (χ0n) is 12.8. The van der Waals surface area contributed by atoms with Gasteiger partial charge in [0.2, 0.25) is 0 Å². The Morgan fingerprint density at radius 2 is 2.09 bits per heavy atom. The molecule has 1 aliphatic heterocycles. The lowest BCUT2D eigenvalue weighted by molar-refractivity contribution is -0.150. The number of aryl methyl sites for hydroxylation is 1.